The van der Waals surface area contributed by atoms with Crippen LogP contribution in [0.1, 0.15) is 11.1 Å². The molecule has 0 bridgehead atoms. The fraction of sp³-hybridized carbons (Fsp3) is 0.240. The second-order valence-corrected chi connectivity index (χ2v) is 8.75. The van der Waals surface area contributed by atoms with Crippen LogP contribution >= 0.6 is 11.9 Å². The number of carbonyl (C=O) groups excluding carboxylic acids is 1. The fourth-order valence-electron chi connectivity index (χ4n) is 3.79. The molecule has 0 saturated heterocycles. The van der Waals surface area contributed by atoms with Crippen molar-refractivity contribution in [1.29, 1.82) is 0 Å². The minimum atomic E-state index is -0.135. The molecule has 188 valence electrons. The van der Waals surface area contributed by atoms with Crippen LogP contribution in [0.3, 0.4) is 0 Å². The monoisotopic (exact) mass is 508 g/mol. The number of aromatic nitrogens is 4. The lowest BCUT2D eigenvalue weighted by Gasteiger charge is -2.13. The van der Waals surface area contributed by atoms with E-state index < -0.39 is 0 Å². The Morgan fingerprint density at radius 2 is 1.89 bits per heavy atom. The van der Waals surface area contributed by atoms with Gasteiger partial charge in [-0.2, -0.15) is 10.2 Å². The van der Waals surface area contributed by atoms with E-state index in [2.05, 4.69) is 26.6 Å². The molecule has 11 heteroatoms. The molecule has 2 N–H and O–H groups in total. The van der Waals surface area contributed by atoms with Gasteiger partial charge in [0.15, 0.2) is 5.82 Å². The number of hydrogen-bond donors (Lipinski definition) is 2. The summed E-state index contributed by atoms with van der Waals surface area (Å²) in [7, 11) is 6.60. The molecular formula is C25H28N6O4S. The molecule has 0 saturated carbocycles. The van der Waals surface area contributed by atoms with Crippen molar-refractivity contribution in [3.63, 3.8) is 0 Å². The molecule has 1 amide bonds. The summed E-state index contributed by atoms with van der Waals surface area (Å²) in [6.07, 6.45) is 4.97. The molecule has 2 heterocycles. The first-order valence-corrected chi connectivity index (χ1v) is 11.9. The summed E-state index contributed by atoms with van der Waals surface area (Å²) in [5, 5.41) is 12.8. The second-order valence-electron chi connectivity index (χ2n) is 7.93. The van der Waals surface area contributed by atoms with Crippen molar-refractivity contribution in [2.24, 2.45) is 0 Å². The van der Waals surface area contributed by atoms with Gasteiger partial charge in [-0.05, 0) is 47.9 Å². The molecule has 0 atom stereocenters. The van der Waals surface area contributed by atoms with E-state index in [1.165, 1.54) is 18.0 Å². The number of benzene rings is 2. The third kappa shape index (κ3) is 5.25. The minimum absolute atomic E-state index is 0.135. The number of fused-ring (bicyclic) bond motifs is 1. The quantitative estimate of drug-likeness (QED) is 0.230. The van der Waals surface area contributed by atoms with Crippen LogP contribution in [0.15, 0.2) is 60.3 Å². The molecule has 0 aliphatic heterocycles. The number of ether oxygens (including phenoxy) is 3. The molecule has 0 fully saturated rings. The van der Waals surface area contributed by atoms with E-state index in [4.69, 9.17) is 14.2 Å². The molecule has 4 rings (SSSR count). The maximum Gasteiger partial charge on any atom is 0.245 e. The molecule has 10 nitrogen and oxygen atoms in total. The zero-order chi connectivity index (χ0) is 25.7. The van der Waals surface area contributed by atoms with E-state index in [0.29, 0.717) is 36.2 Å². The van der Waals surface area contributed by atoms with Crippen molar-refractivity contribution in [3.05, 3.63) is 66.5 Å². The Labute approximate surface area is 213 Å². The Balaban J connectivity index is 1.54. The number of rotatable bonds is 11. The maximum atomic E-state index is 11.7. The number of amides is 1. The number of methoxy groups -OCH3 is 3. The molecule has 0 spiro atoms. The molecule has 4 aromatic rings. The standard InChI is InChI=1S/C25H28N6O4S/c1-6-22(32)30(2)13-17-12-26-31(15-17)14-16-10-18-23(21(11-16)35-5)25(28-27-18)29-36-24-19(33-3)8-7-9-20(24)34-4/h6-12,15H,1,13-14H2,2-5H3,(H2,27,28,29). The van der Waals surface area contributed by atoms with Gasteiger partial charge >= 0.3 is 0 Å². The van der Waals surface area contributed by atoms with Crippen molar-refractivity contribution in [1.82, 2.24) is 24.9 Å². The predicted molar refractivity (Wildman–Crippen MR) is 140 cm³/mol. The van der Waals surface area contributed by atoms with Gasteiger partial charge in [-0.15, -0.1) is 0 Å². The summed E-state index contributed by atoms with van der Waals surface area (Å²) < 4.78 is 21.8. The highest BCUT2D eigenvalue weighted by molar-refractivity contribution is 8.00. The maximum absolute atomic E-state index is 11.7. The van der Waals surface area contributed by atoms with Gasteiger partial charge in [0, 0.05) is 25.4 Å². The third-order valence-corrected chi connectivity index (χ3v) is 6.44. The Bertz CT molecular complexity index is 1360. The molecule has 2 aromatic heterocycles. The molecular weight excluding hydrogens is 480 g/mol. The van der Waals surface area contributed by atoms with Crippen LogP contribution in [-0.2, 0) is 17.9 Å². The molecule has 0 unspecified atom stereocenters. The first-order valence-electron chi connectivity index (χ1n) is 11.0. The van der Waals surface area contributed by atoms with Gasteiger partial charge in [0.1, 0.15) is 22.1 Å². The van der Waals surface area contributed by atoms with Gasteiger partial charge in [0.25, 0.3) is 0 Å². The van der Waals surface area contributed by atoms with Gasteiger partial charge in [0.05, 0.1) is 45.0 Å². The van der Waals surface area contributed by atoms with Crippen molar-refractivity contribution in [2.45, 2.75) is 18.0 Å². The Morgan fingerprint density at radius 3 is 2.56 bits per heavy atom. The van der Waals surface area contributed by atoms with E-state index in [9.17, 15) is 4.79 Å². The minimum Gasteiger partial charge on any atom is -0.496 e. The average Bonchev–Trinajstić information content (AvgIpc) is 3.52. The lowest BCUT2D eigenvalue weighted by Crippen LogP contribution is -2.23. The Kier molecular flexibility index (Phi) is 7.69. The number of likely N-dealkylation sites (N-methyl/N-ethyl adjacent to an activating group) is 1. The molecule has 0 aliphatic carbocycles. The van der Waals surface area contributed by atoms with Crippen molar-refractivity contribution in [3.8, 4) is 17.2 Å². The SMILES string of the molecule is C=CC(=O)N(C)Cc1cnn(Cc2cc(OC)c3c(NSc4c(OC)cccc4OC)n[nH]c3c2)c1. The van der Waals surface area contributed by atoms with Crippen molar-refractivity contribution >= 4 is 34.6 Å². The lowest BCUT2D eigenvalue weighted by molar-refractivity contribution is -0.125. The van der Waals surface area contributed by atoms with Gasteiger partial charge in [-0.3, -0.25) is 14.6 Å². The summed E-state index contributed by atoms with van der Waals surface area (Å²) in [4.78, 5) is 14.1. The first-order chi connectivity index (χ1) is 17.5. The topological polar surface area (TPSA) is 107 Å². The average molecular weight is 509 g/mol. The highest BCUT2D eigenvalue weighted by atomic mass is 32.2. The third-order valence-electron chi connectivity index (χ3n) is 5.54. The lowest BCUT2D eigenvalue weighted by atomic mass is 10.1. The normalized spacial score (nSPS) is 10.8. The molecule has 0 aliphatic rings. The summed E-state index contributed by atoms with van der Waals surface area (Å²) in [6.45, 7) is 4.50. The zero-order valence-corrected chi connectivity index (χ0v) is 21.4. The van der Waals surface area contributed by atoms with Crippen LogP contribution in [0.5, 0.6) is 17.2 Å². The second kappa shape index (κ2) is 11.1. The van der Waals surface area contributed by atoms with Crippen molar-refractivity contribution in [2.75, 3.05) is 33.1 Å². The smallest absolute Gasteiger partial charge is 0.245 e. The predicted octanol–water partition coefficient (Wildman–Crippen LogP) is 4.10. The zero-order valence-electron chi connectivity index (χ0n) is 20.6. The van der Waals surface area contributed by atoms with Crippen LogP contribution < -0.4 is 18.9 Å². The van der Waals surface area contributed by atoms with Crippen molar-refractivity contribution < 1.29 is 19.0 Å². The van der Waals surface area contributed by atoms with E-state index in [-0.39, 0.29) is 5.91 Å². The van der Waals surface area contributed by atoms with Gasteiger partial charge in [-0.1, -0.05) is 12.6 Å². The van der Waals surface area contributed by atoms with E-state index >= 15 is 0 Å². The number of nitrogens with zero attached hydrogens (tertiary/aromatic N) is 4. The van der Waals surface area contributed by atoms with Crippen LogP contribution in [0.25, 0.3) is 10.9 Å². The highest BCUT2D eigenvalue weighted by Crippen LogP contribution is 2.40. The van der Waals surface area contributed by atoms with Gasteiger partial charge in [-0.25, -0.2) is 0 Å². The summed E-state index contributed by atoms with van der Waals surface area (Å²) in [5.41, 5.74) is 2.74. The van der Waals surface area contributed by atoms with E-state index in [0.717, 1.165) is 26.9 Å². The molecule has 36 heavy (non-hydrogen) atoms. The van der Waals surface area contributed by atoms with E-state index in [1.54, 1.807) is 39.5 Å². The molecule has 0 radical (unpaired) electrons. The van der Waals surface area contributed by atoms with Gasteiger partial charge < -0.3 is 23.8 Å². The number of nitrogens with one attached hydrogen (secondary N) is 2. The summed E-state index contributed by atoms with van der Waals surface area (Å²) >= 11 is 1.35. The van der Waals surface area contributed by atoms with Crippen LogP contribution in [-0.4, -0.2) is 59.2 Å². The number of hydrogen-bond acceptors (Lipinski definition) is 8. The Hall–Kier alpha value is -4.12. The number of anilines is 1. The van der Waals surface area contributed by atoms with Crippen LogP contribution in [0.2, 0.25) is 0 Å². The number of H-pyrrole nitrogens is 1. The van der Waals surface area contributed by atoms with E-state index in [1.807, 2.05) is 41.2 Å². The fourth-order valence-corrected chi connectivity index (χ4v) is 4.64. The number of carbonyl (C=O) groups is 1. The van der Waals surface area contributed by atoms with Crippen LogP contribution in [0.4, 0.5) is 5.82 Å². The summed E-state index contributed by atoms with van der Waals surface area (Å²) in [6, 6.07) is 9.60. The number of aromatic amines is 1. The molecule has 2 aromatic carbocycles. The highest BCUT2D eigenvalue weighted by Gasteiger charge is 2.17. The van der Waals surface area contributed by atoms with Gasteiger partial charge in [0.2, 0.25) is 5.91 Å². The first kappa shape index (κ1) is 25.0. The summed E-state index contributed by atoms with van der Waals surface area (Å²) in [5.74, 6) is 2.56. The Morgan fingerprint density at radius 1 is 1.17 bits per heavy atom. The largest absolute Gasteiger partial charge is 0.496 e. The van der Waals surface area contributed by atoms with Crippen LogP contribution in [0, 0.1) is 0 Å².